The predicted octanol–water partition coefficient (Wildman–Crippen LogP) is 2.64. The summed E-state index contributed by atoms with van der Waals surface area (Å²) in [6.45, 7) is 3.67. The van der Waals surface area contributed by atoms with Gasteiger partial charge in [-0.25, -0.2) is 4.98 Å². The van der Waals surface area contributed by atoms with E-state index >= 15 is 0 Å². The maximum absolute atomic E-state index is 12.6. The standard InChI is InChI=1S/C15H16F3N3O3/c1-8(2)11-6-10(14(23)24-3)13(22)21(20-11)12-5-4-9(7-19-12)15(16,17)18/h4-5,7-8,10H,6H2,1-3H3. The number of aromatic nitrogens is 1. The monoisotopic (exact) mass is 343 g/mol. The Morgan fingerprint density at radius 2 is 2.04 bits per heavy atom. The van der Waals surface area contributed by atoms with E-state index in [9.17, 15) is 22.8 Å². The second-order valence-electron chi connectivity index (χ2n) is 5.58. The van der Waals surface area contributed by atoms with Crippen LogP contribution in [-0.2, 0) is 20.5 Å². The summed E-state index contributed by atoms with van der Waals surface area (Å²) < 4.78 is 42.5. The van der Waals surface area contributed by atoms with Crippen LogP contribution >= 0.6 is 0 Å². The van der Waals surface area contributed by atoms with Gasteiger partial charge in [-0.15, -0.1) is 0 Å². The highest BCUT2D eigenvalue weighted by molar-refractivity contribution is 6.12. The van der Waals surface area contributed by atoms with Gasteiger partial charge in [0.15, 0.2) is 5.82 Å². The van der Waals surface area contributed by atoms with Crippen LogP contribution in [-0.4, -0.2) is 29.7 Å². The Morgan fingerprint density at radius 1 is 1.38 bits per heavy atom. The second-order valence-corrected chi connectivity index (χ2v) is 5.58. The summed E-state index contributed by atoms with van der Waals surface area (Å²) in [6, 6.07) is 1.85. The van der Waals surface area contributed by atoms with Crippen molar-refractivity contribution in [3.05, 3.63) is 23.9 Å². The van der Waals surface area contributed by atoms with Gasteiger partial charge in [-0.3, -0.25) is 9.59 Å². The molecule has 0 saturated carbocycles. The molecule has 1 aromatic heterocycles. The lowest BCUT2D eigenvalue weighted by Crippen LogP contribution is -2.44. The minimum absolute atomic E-state index is 0.0535. The van der Waals surface area contributed by atoms with Crippen molar-refractivity contribution in [2.45, 2.75) is 26.4 Å². The Bertz CT molecular complexity index is 669. The largest absolute Gasteiger partial charge is 0.468 e. The summed E-state index contributed by atoms with van der Waals surface area (Å²) in [6.07, 6.45) is -3.80. The van der Waals surface area contributed by atoms with E-state index in [0.717, 1.165) is 24.3 Å². The van der Waals surface area contributed by atoms with E-state index in [1.807, 2.05) is 13.8 Å². The van der Waals surface area contributed by atoms with Crippen molar-refractivity contribution < 1.29 is 27.5 Å². The van der Waals surface area contributed by atoms with Crippen molar-refractivity contribution in [3.8, 4) is 0 Å². The number of halogens is 3. The third kappa shape index (κ3) is 3.55. The van der Waals surface area contributed by atoms with Crippen molar-refractivity contribution in [1.82, 2.24) is 4.98 Å². The molecule has 1 aromatic rings. The molecule has 0 bridgehead atoms. The highest BCUT2D eigenvalue weighted by Gasteiger charge is 2.39. The van der Waals surface area contributed by atoms with Gasteiger partial charge in [-0.1, -0.05) is 13.8 Å². The SMILES string of the molecule is COC(=O)C1CC(C(C)C)=NN(c2ccc(C(F)(F)F)cn2)C1=O. The molecule has 1 aliphatic rings. The Hall–Kier alpha value is -2.45. The van der Waals surface area contributed by atoms with Crippen LogP contribution in [0.2, 0.25) is 0 Å². The molecule has 0 fully saturated rings. The average molecular weight is 343 g/mol. The number of hydrogen-bond acceptors (Lipinski definition) is 5. The fourth-order valence-electron chi connectivity index (χ4n) is 2.18. The molecule has 0 radical (unpaired) electrons. The van der Waals surface area contributed by atoms with Gasteiger partial charge in [0.25, 0.3) is 5.91 Å². The third-order valence-corrected chi connectivity index (χ3v) is 3.59. The number of alkyl halides is 3. The van der Waals surface area contributed by atoms with E-state index in [4.69, 9.17) is 0 Å². The first-order chi connectivity index (χ1) is 11.1. The quantitative estimate of drug-likeness (QED) is 0.625. The van der Waals surface area contributed by atoms with E-state index in [-0.39, 0.29) is 18.2 Å². The molecule has 1 amide bonds. The molecule has 0 saturated heterocycles. The van der Waals surface area contributed by atoms with Gasteiger partial charge >= 0.3 is 12.1 Å². The van der Waals surface area contributed by atoms with Gasteiger partial charge in [0.1, 0.15) is 5.92 Å². The van der Waals surface area contributed by atoms with Crippen molar-refractivity contribution in [2.24, 2.45) is 16.9 Å². The van der Waals surface area contributed by atoms with Crippen LogP contribution in [0.3, 0.4) is 0 Å². The first kappa shape index (κ1) is 17.9. The molecular formula is C15H16F3N3O3. The van der Waals surface area contributed by atoms with Crippen LogP contribution in [0.5, 0.6) is 0 Å². The molecule has 6 nitrogen and oxygen atoms in total. The number of hydrazone groups is 1. The number of amides is 1. The van der Waals surface area contributed by atoms with Gasteiger partial charge in [-0.2, -0.15) is 23.3 Å². The predicted molar refractivity (Wildman–Crippen MR) is 79.1 cm³/mol. The Labute approximate surface area is 136 Å². The van der Waals surface area contributed by atoms with Gasteiger partial charge in [-0.05, 0) is 18.1 Å². The molecule has 1 aliphatic heterocycles. The van der Waals surface area contributed by atoms with Crippen LogP contribution in [0.15, 0.2) is 23.4 Å². The number of hydrogen-bond donors (Lipinski definition) is 0. The highest BCUT2D eigenvalue weighted by Crippen LogP contribution is 2.31. The van der Waals surface area contributed by atoms with Crippen molar-refractivity contribution in [3.63, 3.8) is 0 Å². The zero-order valence-corrected chi connectivity index (χ0v) is 13.3. The number of ether oxygens (including phenoxy) is 1. The lowest BCUT2D eigenvalue weighted by atomic mass is 9.93. The number of nitrogens with zero attached hydrogens (tertiary/aromatic N) is 3. The van der Waals surface area contributed by atoms with Crippen LogP contribution < -0.4 is 5.01 Å². The molecule has 2 rings (SSSR count). The van der Waals surface area contributed by atoms with Crippen molar-refractivity contribution in [2.75, 3.05) is 12.1 Å². The number of pyridine rings is 1. The van der Waals surface area contributed by atoms with E-state index in [1.165, 1.54) is 0 Å². The molecule has 9 heteroatoms. The van der Waals surface area contributed by atoms with E-state index in [1.54, 1.807) is 0 Å². The number of methoxy groups -OCH3 is 1. The molecule has 1 atom stereocenters. The number of esters is 1. The second kappa shape index (κ2) is 6.58. The van der Waals surface area contributed by atoms with Gasteiger partial charge in [0.2, 0.25) is 0 Å². The summed E-state index contributed by atoms with van der Waals surface area (Å²) in [5.74, 6) is -2.63. The Morgan fingerprint density at radius 3 is 2.50 bits per heavy atom. The van der Waals surface area contributed by atoms with Gasteiger partial charge in [0, 0.05) is 18.3 Å². The molecular weight excluding hydrogens is 327 g/mol. The number of carbonyl (C=O) groups is 2. The van der Waals surface area contributed by atoms with E-state index in [2.05, 4.69) is 14.8 Å². The van der Waals surface area contributed by atoms with E-state index < -0.39 is 29.5 Å². The molecule has 2 heterocycles. The molecule has 24 heavy (non-hydrogen) atoms. The van der Waals surface area contributed by atoms with E-state index in [0.29, 0.717) is 11.9 Å². The van der Waals surface area contributed by atoms with Crippen LogP contribution in [0, 0.1) is 11.8 Å². The molecule has 1 unspecified atom stereocenters. The first-order valence-electron chi connectivity index (χ1n) is 7.17. The first-order valence-corrected chi connectivity index (χ1v) is 7.17. The van der Waals surface area contributed by atoms with Crippen molar-refractivity contribution in [1.29, 1.82) is 0 Å². The maximum atomic E-state index is 12.6. The fraction of sp³-hybridized carbons (Fsp3) is 0.467. The molecule has 0 spiro atoms. The lowest BCUT2D eigenvalue weighted by Gasteiger charge is -2.28. The molecule has 130 valence electrons. The smallest absolute Gasteiger partial charge is 0.417 e. The van der Waals surface area contributed by atoms with Crippen LogP contribution in [0.25, 0.3) is 0 Å². The summed E-state index contributed by atoms with van der Waals surface area (Å²) in [5.41, 5.74) is -0.375. The Balaban J connectivity index is 2.40. The zero-order chi connectivity index (χ0) is 18.1. The molecule has 0 aromatic carbocycles. The summed E-state index contributed by atoms with van der Waals surface area (Å²) >= 11 is 0. The minimum Gasteiger partial charge on any atom is -0.468 e. The Kier molecular flexibility index (Phi) is 4.91. The highest BCUT2D eigenvalue weighted by atomic mass is 19.4. The minimum atomic E-state index is -4.53. The summed E-state index contributed by atoms with van der Waals surface area (Å²) in [5, 5.41) is 5.00. The van der Waals surface area contributed by atoms with Crippen LogP contribution in [0.4, 0.5) is 19.0 Å². The number of rotatable bonds is 3. The zero-order valence-electron chi connectivity index (χ0n) is 13.3. The lowest BCUT2D eigenvalue weighted by molar-refractivity contribution is -0.149. The normalized spacial score (nSPS) is 18.6. The van der Waals surface area contributed by atoms with Gasteiger partial charge in [0.05, 0.1) is 12.7 Å². The molecule has 0 N–H and O–H groups in total. The molecule has 0 aliphatic carbocycles. The number of anilines is 1. The summed E-state index contributed by atoms with van der Waals surface area (Å²) in [4.78, 5) is 27.9. The third-order valence-electron chi connectivity index (χ3n) is 3.59. The maximum Gasteiger partial charge on any atom is 0.417 e. The van der Waals surface area contributed by atoms with Crippen molar-refractivity contribution >= 4 is 23.4 Å². The summed E-state index contributed by atoms with van der Waals surface area (Å²) in [7, 11) is 1.16. The fourth-order valence-corrected chi connectivity index (χ4v) is 2.18. The van der Waals surface area contributed by atoms with Gasteiger partial charge < -0.3 is 4.74 Å². The van der Waals surface area contributed by atoms with Crippen LogP contribution in [0.1, 0.15) is 25.8 Å². The number of carbonyl (C=O) groups excluding carboxylic acids is 2. The topological polar surface area (TPSA) is 71.9 Å². The average Bonchev–Trinajstić information content (AvgIpc) is 2.53.